The monoisotopic (exact) mass is 453 g/mol. The van der Waals surface area contributed by atoms with E-state index in [4.69, 9.17) is 9.47 Å². The first-order valence-corrected chi connectivity index (χ1v) is 10.7. The van der Waals surface area contributed by atoms with Gasteiger partial charge in [-0.25, -0.2) is 9.37 Å². The summed E-state index contributed by atoms with van der Waals surface area (Å²) < 4.78 is 25.4. The minimum atomic E-state index is -0.521. The molecule has 164 valence electrons. The molecule has 4 rings (SSSR count). The lowest BCUT2D eigenvalue weighted by Gasteiger charge is -2.20. The van der Waals surface area contributed by atoms with Crippen molar-refractivity contribution in [2.75, 3.05) is 18.1 Å². The van der Waals surface area contributed by atoms with E-state index in [2.05, 4.69) is 10.3 Å². The van der Waals surface area contributed by atoms with Gasteiger partial charge in [-0.2, -0.15) is 0 Å². The lowest BCUT2D eigenvalue weighted by atomic mass is 10.1. The predicted molar refractivity (Wildman–Crippen MR) is 120 cm³/mol. The van der Waals surface area contributed by atoms with Gasteiger partial charge in [-0.3, -0.25) is 14.5 Å². The van der Waals surface area contributed by atoms with Gasteiger partial charge >= 0.3 is 0 Å². The highest BCUT2D eigenvalue weighted by Crippen LogP contribution is 2.33. The van der Waals surface area contributed by atoms with Gasteiger partial charge in [-0.05, 0) is 24.3 Å². The van der Waals surface area contributed by atoms with Crippen LogP contribution in [-0.4, -0.2) is 30.0 Å². The molecule has 0 unspecified atom stereocenters. The van der Waals surface area contributed by atoms with Gasteiger partial charge in [0.15, 0.2) is 16.6 Å². The molecule has 1 aliphatic heterocycles. The molecule has 1 aromatic heterocycles. The van der Waals surface area contributed by atoms with Crippen LogP contribution in [0.1, 0.15) is 18.2 Å². The van der Waals surface area contributed by atoms with Gasteiger partial charge < -0.3 is 14.8 Å². The molecule has 2 amide bonds. The molecule has 0 radical (unpaired) electrons. The average Bonchev–Trinajstić information content (AvgIpc) is 3.26. The van der Waals surface area contributed by atoms with E-state index in [0.717, 1.165) is 5.56 Å². The third kappa shape index (κ3) is 4.78. The number of amides is 2. The molecule has 0 aliphatic carbocycles. The van der Waals surface area contributed by atoms with E-state index in [0.29, 0.717) is 35.5 Å². The van der Waals surface area contributed by atoms with Crippen LogP contribution in [0.15, 0.2) is 53.9 Å². The molecular weight excluding hydrogens is 433 g/mol. The van der Waals surface area contributed by atoms with Crippen molar-refractivity contribution in [1.29, 1.82) is 0 Å². The highest BCUT2D eigenvalue weighted by molar-refractivity contribution is 7.14. The number of fused-ring (bicyclic) bond motifs is 1. The van der Waals surface area contributed by atoms with Crippen LogP contribution >= 0.6 is 11.3 Å². The summed E-state index contributed by atoms with van der Waals surface area (Å²) in [5.74, 6) is 0.108. The number of benzene rings is 2. The summed E-state index contributed by atoms with van der Waals surface area (Å²) in [5.41, 5.74) is 1.43. The van der Waals surface area contributed by atoms with E-state index in [1.165, 1.54) is 47.4 Å². The Hall–Kier alpha value is -3.72. The number of aromatic nitrogens is 1. The van der Waals surface area contributed by atoms with Crippen LogP contribution in [-0.2, 0) is 16.1 Å². The second-order valence-electron chi connectivity index (χ2n) is 6.85. The average molecular weight is 453 g/mol. The number of anilines is 2. The largest absolute Gasteiger partial charge is 0.486 e. The minimum Gasteiger partial charge on any atom is -0.486 e. The number of rotatable bonds is 6. The van der Waals surface area contributed by atoms with Crippen molar-refractivity contribution in [1.82, 2.24) is 10.3 Å². The number of para-hydroxylation sites is 2. The molecule has 0 bridgehead atoms. The Morgan fingerprint density at radius 2 is 2.00 bits per heavy atom. The molecule has 32 heavy (non-hydrogen) atoms. The van der Waals surface area contributed by atoms with Crippen molar-refractivity contribution < 1.29 is 23.5 Å². The summed E-state index contributed by atoms with van der Waals surface area (Å²) in [6, 6.07) is 11.5. The Morgan fingerprint density at radius 3 is 2.81 bits per heavy atom. The molecule has 9 heteroatoms. The topological polar surface area (TPSA) is 80.8 Å². The van der Waals surface area contributed by atoms with E-state index >= 15 is 0 Å². The van der Waals surface area contributed by atoms with Crippen LogP contribution in [0.4, 0.5) is 15.2 Å². The molecule has 2 heterocycles. The maximum atomic E-state index is 14.2. The quantitative estimate of drug-likeness (QED) is 0.569. The summed E-state index contributed by atoms with van der Waals surface area (Å²) >= 11 is 1.18. The van der Waals surface area contributed by atoms with Gasteiger partial charge in [0.05, 0.1) is 11.4 Å². The molecule has 0 saturated heterocycles. The Labute approximate surface area is 188 Å². The molecule has 1 N–H and O–H groups in total. The number of nitrogens with zero attached hydrogens (tertiary/aromatic N) is 2. The van der Waals surface area contributed by atoms with Crippen molar-refractivity contribution in [2.45, 2.75) is 13.5 Å². The van der Waals surface area contributed by atoms with Crippen LogP contribution in [0.5, 0.6) is 11.5 Å². The first kappa shape index (κ1) is 21.5. The highest BCUT2D eigenvalue weighted by atomic mass is 32.1. The van der Waals surface area contributed by atoms with E-state index < -0.39 is 5.82 Å². The van der Waals surface area contributed by atoms with Crippen LogP contribution in [0, 0.1) is 5.82 Å². The molecule has 3 aromatic rings. The second kappa shape index (κ2) is 9.61. The number of hydrogen-bond acceptors (Lipinski definition) is 6. The third-order valence-corrected chi connectivity index (χ3v) is 5.46. The second-order valence-corrected chi connectivity index (χ2v) is 7.69. The third-order valence-electron chi connectivity index (χ3n) is 4.62. The van der Waals surface area contributed by atoms with Crippen molar-refractivity contribution in [3.05, 3.63) is 71.0 Å². The molecule has 0 spiro atoms. The fourth-order valence-electron chi connectivity index (χ4n) is 3.17. The van der Waals surface area contributed by atoms with Crippen molar-refractivity contribution >= 4 is 40.0 Å². The molecule has 2 aromatic carbocycles. The van der Waals surface area contributed by atoms with E-state index in [1.54, 1.807) is 17.5 Å². The SMILES string of the molecule is CC(=O)N(c1nc(/C=C/C(=O)NCc2cccc3c2OCCO3)cs1)c1ccccc1F. The van der Waals surface area contributed by atoms with Crippen LogP contribution in [0.2, 0.25) is 0 Å². The Bertz CT molecular complexity index is 1180. The fourth-order valence-corrected chi connectivity index (χ4v) is 4.02. The number of carbonyl (C=O) groups is 2. The summed E-state index contributed by atoms with van der Waals surface area (Å²) in [5, 5.41) is 4.81. The maximum absolute atomic E-state index is 14.2. The number of hydrogen-bond donors (Lipinski definition) is 1. The van der Waals surface area contributed by atoms with Gasteiger partial charge in [0.25, 0.3) is 0 Å². The van der Waals surface area contributed by atoms with Crippen LogP contribution in [0.3, 0.4) is 0 Å². The maximum Gasteiger partial charge on any atom is 0.244 e. The predicted octanol–water partition coefficient (Wildman–Crippen LogP) is 4.07. The lowest BCUT2D eigenvalue weighted by Crippen LogP contribution is -2.23. The zero-order valence-corrected chi connectivity index (χ0v) is 18.0. The summed E-state index contributed by atoms with van der Waals surface area (Å²) in [7, 11) is 0. The summed E-state index contributed by atoms with van der Waals surface area (Å²) in [4.78, 5) is 29.9. The Kier molecular flexibility index (Phi) is 6.46. The van der Waals surface area contributed by atoms with Gasteiger partial charge in [-0.1, -0.05) is 24.3 Å². The highest BCUT2D eigenvalue weighted by Gasteiger charge is 2.20. The first-order chi connectivity index (χ1) is 15.5. The number of ether oxygens (including phenoxy) is 2. The number of thiazole rings is 1. The Balaban J connectivity index is 1.42. The van der Waals surface area contributed by atoms with Gasteiger partial charge in [0, 0.05) is 30.5 Å². The minimum absolute atomic E-state index is 0.125. The standard InChI is InChI=1S/C23H20FN3O4S/c1-15(28)27(19-7-3-2-6-18(19)24)23-26-17(14-32-23)9-10-21(29)25-13-16-5-4-8-20-22(16)31-12-11-30-20/h2-10,14H,11-13H2,1H3,(H,25,29)/b10-9+. The first-order valence-electron chi connectivity index (χ1n) is 9.87. The van der Waals surface area contributed by atoms with Gasteiger partial charge in [-0.15, -0.1) is 11.3 Å². The zero-order chi connectivity index (χ0) is 22.5. The van der Waals surface area contributed by atoms with Crippen molar-refractivity contribution in [3.63, 3.8) is 0 Å². The molecule has 0 fully saturated rings. The molecular formula is C23H20FN3O4S. The van der Waals surface area contributed by atoms with E-state index in [9.17, 15) is 14.0 Å². The van der Waals surface area contributed by atoms with Gasteiger partial charge in [0.2, 0.25) is 11.8 Å². The van der Waals surface area contributed by atoms with Gasteiger partial charge in [0.1, 0.15) is 19.0 Å². The smallest absolute Gasteiger partial charge is 0.244 e. The molecule has 7 nitrogen and oxygen atoms in total. The molecule has 0 saturated carbocycles. The number of carbonyl (C=O) groups excluding carboxylic acids is 2. The van der Waals surface area contributed by atoms with Crippen LogP contribution in [0.25, 0.3) is 6.08 Å². The molecule has 1 aliphatic rings. The zero-order valence-electron chi connectivity index (χ0n) is 17.2. The number of nitrogens with one attached hydrogen (secondary N) is 1. The van der Waals surface area contributed by atoms with Crippen molar-refractivity contribution in [3.8, 4) is 11.5 Å². The van der Waals surface area contributed by atoms with Crippen molar-refractivity contribution in [2.24, 2.45) is 0 Å². The number of halogens is 1. The fraction of sp³-hybridized carbons (Fsp3) is 0.174. The van der Waals surface area contributed by atoms with Crippen LogP contribution < -0.4 is 19.7 Å². The molecule has 0 atom stereocenters. The lowest BCUT2D eigenvalue weighted by molar-refractivity contribution is -0.117. The summed E-state index contributed by atoms with van der Waals surface area (Å²) in [6.07, 6.45) is 2.89. The van der Waals surface area contributed by atoms with E-state index in [1.807, 2.05) is 18.2 Å². The Morgan fingerprint density at radius 1 is 1.19 bits per heavy atom. The normalized spacial score (nSPS) is 12.6. The summed E-state index contributed by atoms with van der Waals surface area (Å²) in [6.45, 7) is 2.59. The van der Waals surface area contributed by atoms with E-state index in [-0.39, 0.29) is 24.0 Å².